The van der Waals surface area contributed by atoms with E-state index in [0.717, 1.165) is 18.8 Å². The fourth-order valence-electron chi connectivity index (χ4n) is 0.958. The van der Waals surface area contributed by atoms with Crippen LogP contribution in [0.1, 0.15) is 12.6 Å². The van der Waals surface area contributed by atoms with Crippen LogP contribution in [0.2, 0.25) is 0 Å². The number of nitrogens with zero attached hydrogens (tertiary/aromatic N) is 3. The third-order valence-electron chi connectivity index (χ3n) is 1.95. The summed E-state index contributed by atoms with van der Waals surface area (Å²) in [5, 5.41) is 10.9. The Labute approximate surface area is 78.1 Å². The monoisotopic (exact) mass is 184 g/mol. The zero-order chi connectivity index (χ0) is 9.68. The van der Waals surface area contributed by atoms with Crippen LogP contribution in [0.15, 0.2) is 6.20 Å². The van der Waals surface area contributed by atoms with Crippen molar-refractivity contribution in [2.45, 2.75) is 19.6 Å². The lowest BCUT2D eigenvalue weighted by Gasteiger charge is -2.09. The number of nitrogens with one attached hydrogen (secondary N) is 1. The van der Waals surface area contributed by atoms with Gasteiger partial charge in [0.1, 0.15) is 0 Å². The Morgan fingerprint density at radius 3 is 3.00 bits per heavy atom. The Morgan fingerprint density at radius 1 is 1.69 bits per heavy atom. The summed E-state index contributed by atoms with van der Waals surface area (Å²) in [6.45, 7) is 3.63. The van der Waals surface area contributed by atoms with E-state index in [4.69, 9.17) is 4.74 Å². The standard InChI is InChI=1S/C8H16N4O/c1-7(13-3)4-9-5-8-6-10-11-12(8)2/h6-7,9H,4-5H2,1-3H3. The van der Waals surface area contributed by atoms with Crippen LogP contribution in [-0.4, -0.2) is 34.8 Å². The first-order valence-electron chi connectivity index (χ1n) is 4.31. The van der Waals surface area contributed by atoms with Gasteiger partial charge in [-0.1, -0.05) is 5.21 Å². The second-order valence-corrected chi connectivity index (χ2v) is 3.03. The molecule has 5 nitrogen and oxygen atoms in total. The highest BCUT2D eigenvalue weighted by Crippen LogP contribution is 1.92. The van der Waals surface area contributed by atoms with Gasteiger partial charge in [-0.3, -0.25) is 4.68 Å². The van der Waals surface area contributed by atoms with E-state index in [1.54, 1.807) is 18.0 Å². The molecule has 1 heterocycles. The normalized spacial score (nSPS) is 13.2. The summed E-state index contributed by atoms with van der Waals surface area (Å²) < 4.78 is 6.85. The summed E-state index contributed by atoms with van der Waals surface area (Å²) in [6.07, 6.45) is 1.99. The van der Waals surface area contributed by atoms with Crippen molar-refractivity contribution in [3.05, 3.63) is 11.9 Å². The van der Waals surface area contributed by atoms with Crippen LogP contribution in [-0.2, 0) is 18.3 Å². The molecule has 0 aliphatic carbocycles. The minimum Gasteiger partial charge on any atom is -0.380 e. The third-order valence-corrected chi connectivity index (χ3v) is 1.95. The van der Waals surface area contributed by atoms with Crippen LogP contribution in [0.25, 0.3) is 0 Å². The van der Waals surface area contributed by atoms with Crippen LogP contribution in [0.5, 0.6) is 0 Å². The molecule has 0 aliphatic heterocycles. The average molecular weight is 184 g/mol. The molecular formula is C8H16N4O. The molecule has 74 valence electrons. The van der Waals surface area contributed by atoms with Gasteiger partial charge in [-0.25, -0.2) is 0 Å². The number of hydrogen-bond acceptors (Lipinski definition) is 4. The van der Waals surface area contributed by atoms with E-state index in [1.807, 2.05) is 14.0 Å². The molecule has 1 rings (SSSR count). The predicted octanol–water partition coefficient (Wildman–Crippen LogP) is -0.0604. The Hall–Kier alpha value is -0.940. The molecule has 1 aromatic rings. The smallest absolute Gasteiger partial charge is 0.0738 e. The van der Waals surface area contributed by atoms with Crippen LogP contribution in [0.3, 0.4) is 0 Å². The van der Waals surface area contributed by atoms with Gasteiger partial charge in [-0.2, -0.15) is 0 Å². The fourth-order valence-corrected chi connectivity index (χ4v) is 0.958. The first kappa shape index (κ1) is 10.1. The van der Waals surface area contributed by atoms with Crippen LogP contribution < -0.4 is 5.32 Å². The molecule has 0 amide bonds. The minimum absolute atomic E-state index is 0.237. The van der Waals surface area contributed by atoms with Gasteiger partial charge in [0.2, 0.25) is 0 Å². The topological polar surface area (TPSA) is 52.0 Å². The molecule has 0 fully saturated rings. The third kappa shape index (κ3) is 3.12. The minimum atomic E-state index is 0.237. The number of hydrogen-bond donors (Lipinski definition) is 1. The summed E-state index contributed by atoms with van der Waals surface area (Å²) >= 11 is 0. The Morgan fingerprint density at radius 2 is 2.46 bits per heavy atom. The maximum Gasteiger partial charge on any atom is 0.0738 e. The lowest BCUT2D eigenvalue weighted by atomic mass is 10.4. The highest BCUT2D eigenvalue weighted by molar-refractivity contribution is 4.92. The van der Waals surface area contributed by atoms with Gasteiger partial charge in [0.05, 0.1) is 18.0 Å². The zero-order valence-electron chi connectivity index (χ0n) is 8.32. The zero-order valence-corrected chi connectivity index (χ0v) is 8.32. The van der Waals surface area contributed by atoms with E-state index in [-0.39, 0.29) is 6.10 Å². The van der Waals surface area contributed by atoms with Crippen LogP contribution >= 0.6 is 0 Å². The fraction of sp³-hybridized carbons (Fsp3) is 0.750. The summed E-state index contributed by atoms with van der Waals surface area (Å²) in [5.74, 6) is 0. The second kappa shape index (κ2) is 4.94. The van der Waals surface area contributed by atoms with E-state index >= 15 is 0 Å². The highest BCUT2D eigenvalue weighted by Gasteiger charge is 2.01. The maximum absolute atomic E-state index is 5.10. The van der Waals surface area contributed by atoms with Crippen molar-refractivity contribution in [3.8, 4) is 0 Å². The Bertz CT molecular complexity index is 248. The van der Waals surface area contributed by atoms with Crippen LogP contribution in [0.4, 0.5) is 0 Å². The first-order valence-corrected chi connectivity index (χ1v) is 4.31. The summed E-state index contributed by atoms with van der Waals surface area (Å²) in [7, 11) is 3.59. The van der Waals surface area contributed by atoms with Gasteiger partial charge in [-0.15, -0.1) is 5.10 Å². The highest BCUT2D eigenvalue weighted by atomic mass is 16.5. The van der Waals surface area contributed by atoms with Gasteiger partial charge in [0.25, 0.3) is 0 Å². The molecule has 0 saturated carbocycles. The number of rotatable bonds is 5. The Kier molecular flexibility index (Phi) is 3.85. The van der Waals surface area contributed by atoms with Gasteiger partial charge in [-0.05, 0) is 6.92 Å². The number of aromatic nitrogens is 3. The molecular weight excluding hydrogens is 168 g/mol. The van der Waals surface area contributed by atoms with E-state index in [2.05, 4.69) is 15.6 Å². The van der Waals surface area contributed by atoms with Crippen molar-refractivity contribution in [1.82, 2.24) is 20.3 Å². The van der Waals surface area contributed by atoms with E-state index in [1.165, 1.54) is 0 Å². The maximum atomic E-state index is 5.10. The number of aryl methyl sites for hydroxylation is 1. The lowest BCUT2D eigenvalue weighted by molar-refractivity contribution is 0.117. The van der Waals surface area contributed by atoms with Crippen molar-refractivity contribution in [2.75, 3.05) is 13.7 Å². The van der Waals surface area contributed by atoms with Gasteiger partial charge in [0, 0.05) is 27.2 Å². The van der Waals surface area contributed by atoms with E-state index < -0.39 is 0 Å². The molecule has 0 radical (unpaired) electrons. The quantitative estimate of drug-likeness (QED) is 0.696. The molecule has 1 aromatic heterocycles. The van der Waals surface area contributed by atoms with E-state index in [0.29, 0.717) is 0 Å². The van der Waals surface area contributed by atoms with Crippen LogP contribution in [0, 0.1) is 0 Å². The molecule has 0 saturated heterocycles. The van der Waals surface area contributed by atoms with Crippen molar-refractivity contribution >= 4 is 0 Å². The molecule has 0 spiro atoms. The second-order valence-electron chi connectivity index (χ2n) is 3.03. The predicted molar refractivity (Wildman–Crippen MR) is 49.2 cm³/mol. The van der Waals surface area contributed by atoms with Gasteiger partial charge in [0.15, 0.2) is 0 Å². The molecule has 0 aromatic carbocycles. The molecule has 1 unspecified atom stereocenters. The van der Waals surface area contributed by atoms with E-state index in [9.17, 15) is 0 Å². The largest absolute Gasteiger partial charge is 0.380 e. The van der Waals surface area contributed by atoms with Crippen molar-refractivity contribution in [1.29, 1.82) is 0 Å². The SMILES string of the molecule is COC(C)CNCc1cnnn1C. The number of ether oxygens (including phenoxy) is 1. The molecule has 0 bridgehead atoms. The van der Waals surface area contributed by atoms with Crippen molar-refractivity contribution in [3.63, 3.8) is 0 Å². The summed E-state index contributed by atoms with van der Waals surface area (Å²) in [5.41, 5.74) is 1.07. The lowest BCUT2D eigenvalue weighted by Crippen LogP contribution is -2.26. The first-order chi connectivity index (χ1) is 6.24. The summed E-state index contributed by atoms with van der Waals surface area (Å²) in [4.78, 5) is 0. The van der Waals surface area contributed by atoms with Gasteiger partial charge < -0.3 is 10.1 Å². The average Bonchev–Trinajstić information content (AvgIpc) is 2.52. The van der Waals surface area contributed by atoms with Crippen molar-refractivity contribution in [2.24, 2.45) is 7.05 Å². The Balaban J connectivity index is 2.24. The molecule has 0 aliphatic rings. The molecule has 13 heavy (non-hydrogen) atoms. The van der Waals surface area contributed by atoms with Gasteiger partial charge >= 0.3 is 0 Å². The molecule has 1 N–H and O–H groups in total. The summed E-state index contributed by atoms with van der Waals surface area (Å²) in [6, 6.07) is 0. The number of methoxy groups -OCH3 is 1. The molecule has 1 atom stereocenters. The molecule has 5 heteroatoms. The van der Waals surface area contributed by atoms with Crippen molar-refractivity contribution < 1.29 is 4.74 Å².